The van der Waals surface area contributed by atoms with E-state index >= 15 is 0 Å². The normalized spacial score (nSPS) is 13.7. The number of carbonyl (C=O) groups is 1. The van der Waals surface area contributed by atoms with Crippen LogP contribution in [0.25, 0.3) is 0 Å². The molecule has 2 aromatic carbocycles. The zero-order valence-corrected chi connectivity index (χ0v) is 16.5. The summed E-state index contributed by atoms with van der Waals surface area (Å²) in [6.07, 6.45) is 0. The molecule has 5 nitrogen and oxygen atoms in total. The highest BCUT2D eigenvalue weighted by Crippen LogP contribution is 2.26. The fraction of sp³-hybridized carbons (Fsp3) is 0.316. The van der Waals surface area contributed by atoms with Gasteiger partial charge in [0.25, 0.3) is 0 Å². The van der Waals surface area contributed by atoms with Gasteiger partial charge in [0.05, 0.1) is 18.9 Å². The first-order valence-electron chi connectivity index (χ1n) is 8.14. The predicted molar refractivity (Wildman–Crippen MR) is 103 cm³/mol. The average molecular weight is 396 g/mol. The summed E-state index contributed by atoms with van der Waals surface area (Å²) in [6.45, 7) is 3.20. The number of sulfone groups is 1. The van der Waals surface area contributed by atoms with Gasteiger partial charge in [0, 0.05) is 10.6 Å². The van der Waals surface area contributed by atoms with Gasteiger partial charge in [0.15, 0.2) is 9.84 Å². The van der Waals surface area contributed by atoms with Gasteiger partial charge >= 0.3 is 0 Å². The number of amides is 1. The third-order valence-electron chi connectivity index (χ3n) is 4.17. The van der Waals surface area contributed by atoms with Gasteiger partial charge in [-0.1, -0.05) is 41.9 Å². The predicted octanol–water partition coefficient (Wildman–Crippen LogP) is 3.53. The number of hydrogen-bond donors (Lipinski definition) is 1. The van der Waals surface area contributed by atoms with Crippen LogP contribution in [0, 0.1) is 0 Å². The molecule has 0 aliphatic rings. The van der Waals surface area contributed by atoms with Gasteiger partial charge in [0.1, 0.15) is 11.0 Å². The lowest BCUT2D eigenvalue weighted by Gasteiger charge is -2.19. The van der Waals surface area contributed by atoms with Crippen LogP contribution in [0.1, 0.15) is 31.0 Å². The maximum atomic E-state index is 12.7. The largest absolute Gasteiger partial charge is 0.496 e. The third kappa shape index (κ3) is 4.99. The number of benzene rings is 2. The first-order chi connectivity index (χ1) is 12.2. The van der Waals surface area contributed by atoms with Gasteiger partial charge in [-0.2, -0.15) is 0 Å². The molecule has 0 radical (unpaired) electrons. The molecule has 26 heavy (non-hydrogen) atoms. The fourth-order valence-electron chi connectivity index (χ4n) is 2.52. The molecule has 1 amide bonds. The van der Waals surface area contributed by atoms with E-state index in [1.54, 1.807) is 12.1 Å². The lowest BCUT2D eigenvalue weighted by Crippen LogP contribution is -2.39. The summed E-state index contributed by atoms with van der Waals surface area (Å²) < 4.78 is 30.5. The molecule has 1 N–H and O–H groups in total. The van der Waals surface area contributed by atoms with Crippen molar-refractivity contribution < 1.29 is 17.9 Å². The Morgan fingerprint density at radius 3 is 2.42 bits per heavy atom. The highest BCUT2D eigenvalue weighted by atomic mass is 35.5. The molecule has 2 atom stereocenters. The Morgan fingerprint density at radius 1 is 1.15 bits per heavy atom. The summed E-state index contributed by atoms with van der Waals surface area (Å²) in [7, 11) is -2.29. The minimum absolute atomic E-state index is 0.290. The van der Waals surface area contributed by atoms with Crippen molar-refractivity contribution in [3.8, 4) is 5.75 Å². The number of rotatable bonds is 7. The van der Waals surface area contributed by atoms with Crippen molar-refractivity contribution in [2.45, 2.75) is 30.9 Å². The summed E-state index contributed by atoms with van der Waals surface area (Å²) in [5.74, 6) is -0.448. The quantitative estimate of drug-likeness (QED) is 0.778. The number of hydrogen-bond acceptors (Lipinski definition) is 4. The molecule has 0 unspecified atom stereocenters. The van der Waals surface area contributed by atoms with Gasteiger partial charge < -0.3 is 10.1 Å². The van der Waals surface area contributed by atoms with Gasteiger partial charge in [-0.3, -0.25) is 4.79 Å². The van der Waals surface area contributed by atoms with Crippen LogP contribution in [0.2, 0.25) is 5.02 Å². The summed E-state index contributed by atoms with van der Waals surface area (Å²) in [5.41, 5.74) is 1.33. The minimum Gasteiger partial charge on any atom is -0.496 e. The molecule has 140 valence electrons. The molecule has 7 heteroatoms. The van der Waals surface area contributed by atoms with Gasteiger partial charge in [-0.15, -0.1) is 0 Å². The van der Waals surface area contributed by atoms with Gasteiger partial charge in [-0.25, -0.2) is 8.42 Å². The topological polar surface area (TPSA) is 72.5 Å². The fourth-order valence-corrected chi connectivity index (χ4v) is 4.02. The van der Waals surface area contributed by atoms with Crippen LogP contribution in [-0.4, -0.2) is 26.7 Å². The van der Waals surface area contributed by atoms with E-state index in [0.717, 1.165) is 5.56 Å². The standard InChI is InChI=1S/C19H22ClNO4S/c1-13(15-7-5-4-6-8-15)21-19(22)14(2)26(23,24)12-16-11-17(20)9-10-18(16)25-3/h4-11,13-14H,12H2,1-3H3,(H,21,22)/t13-,14+/m1/s1. The number of ether oxygens (including phenoxy) is 1. The van der Waals surface area contributed by atoms with Crippen LogP contribution >= 0.6 is 11.6 Å². The molecule has 0 spiro atoms. The molecule has 0 saturated heterocycles. The van der Waals surface area contributed by atoms with Crippen molar-refractivity contribution >= 4 is 27.3 Å². The molecule has 0 fully saturated rings. The molecule has 0 heterocycles. The van der Waals surface area contributed by atoms with Crippen LogP contribution in [0.15, 0.2) is 48.5 Å². The van der Waals surface area contributed by atoms with Crippen molar-refractivity contribution in [3.05, 3.63) is 64.7 Å². The zero-order chi connectivity index (χ0) is 19.3. The second-order valence-electron chi connectivity index (χ2n) is 6.05. The first kappa shape index (κ1) is 20.3. The van der Waals surface area contributed by atoms with Crippen LogP contribution < -0.4 is 10.1 Å². The Labute approximate surface area is 159 Å². The second-order valence-corrected chi connectivity index (χ2v) is 8.80. The maximum absolute atomic E-state index is 12.7. The van der Waals surface area contributed by atoms with E-state index in [4.69, 9.17) is 16.3 Å². The van der Waals surface area contributed by atoms with Gasteiger partial charge in [0.2, 0.25) is 5.91 Å². The molecular weight excluding hydrogens is 374 g/mol. The number of halogens is 1. The smallest absolute Gasteiger partial charge is 0.238 e. The molecule has 2 aromatic rings. The van der Waals surface area contributed by atoms with Crippen molar-refractivity contribution in [2.75, 3.05) is 7.11 Å². The van der Waals surface area contributed by atoms with E-state index in [9.17, 15) is 13.2 Å². The minimum atomic E-state index is -3.74. The van der Waals surface area contributed by atoms with E-state index in [1.165, 1.54) is 20.1 Å². The Bertz CT molecular complexity index is 868. The van der Waals surface area contributed by atoms with Crippen LogP contribution in [0.5, 0.6) is 5.75 Å². The number of nitrogens with one attached hydrogen (secondary N) is 1. The summed E-state index contributed by atoms with van der Waals surface area (Å²) in [5, 5.41) is 1.96. The van der Waals surface area contributed by atoms with Crippen LogP contribution in [-0.2, 0) is 20.4 Å². The van der Waals surface area contributed by atoms with E-state index < -0.39 is 21.0 Å². The van der Waals surface area contributed by atoms with E-state index in [-0.39, 0.29) is 11.8 Å². The molecule has 0 saturated carbocycles. The van der Waals surface area contributed by atoms with Crippen LogP contribution in [0.4, 0.5) is 0 Å². The van der Waals surface area contributed by atoms with Gasteiger partial charge in [-0.05, 0) is 37.6 Å². The van der Waals surface area contributed by atoms with E-state index in [2.05, 4.69) is 5.32 Å². The highest BCUT2D eigenvalue weighted by Gasteiger charge is 2.30. The zero-order valence-electron chi connectivity index (χ0n) is 14.9. The van der Waals surface area contributed by atoms with Crippen molar-refractivity contribution in [1.82, 2.24) is 5.32 Å². The number of carbonyl (C=O) groups excluding carboxylic acids is 1. The Balaban J connectivity index is 2.13. The molecule has 0 aliphatic carbocycles. The molecule has 2 rings (SSSR count). The molecule has 0 aliphatic heterocycles. The molecule has 0 bridgehead atoms. The Morgan fingerprint density at radius 2 is 1.81 bits per heavy atom. The Kier molecular flexibility index (Phi) is 6.67. The maximum Gasteiger partial charge on any atom is 0.238 e. The molecule has 0 aromatic heterocycles. The first-order valence-corrected chi connectivity index (χ1v) is 10.2. The van der Waals surface area contributed by atoms with Crippen LogP contribution in [0.3, 0.4) is 0 Å². The third-order valence-corrected chi connectivity index (χ3v) is 6.41. The van der Waals surface area contributed by atoms with E-state index in [0.29, 0.717) is 16.3 Å². The number of methoxy groups -OCH3 is 1. The van der Waals surface area contributed by atoms with Crippen molar-refractivity contribution in [1.29, 1.82) is 0 Å². The lowest BCUT2D eigenvalue weighted by atomic mass is 10.1. The van der Waals surface area contributed by atoms with E-state index in [1.807, 2.05) is 37.3 Å². The average Bonchev–Trinajstić information content (AvgIpc) is 2.61. The monoisotopic (exact) mass is 395 g/mol. The van der Waals surface area contributed by atoms with Crippen molar-refractivity contribution in [2.24, 2.45) is 0 Å². The summed E-state index contributed by atoms with van der Waals surface area (Å²) in [4.78, 5) is 12.4. The lowest BCUT2D eigenvalue weighted by molar-refractivity contribution is -0.121. The summed E-state index contributed by atoms with van der Waals surface area (Å²) >= 11 is 5.95. The SMILES string of the molecule is COc1ccc(Cl)cc1CS(=O)(=O)[C@@H](C)C(=O)N[C@H](C)c1ccccc1. The highest BCUT2D eigenvalue weighted by molar-refractivity contribution is 7.92. The summed E-state index contributed by atoms with van der Waals surface area (Å²) in [6, 6.07) is 13.8. The van der Waals surface area contributed by atoms with Crippen molar-refractivity contribution in [3.63, 3.8) is 0 Å². The second kappa shape index (κ2) is 8.56. The Hall–Kier alpha value is -2.05. The molecular formula is C19H22ClNO4S.